The molecule has 0 aromatic heterocycles. The van der Waals surface area contributed by atoms with E-state index in [0.717, 1.165) is 25.1 Å². The fourth-order valence-corrected chi connectivity index (χ4v) is 4.13. The van der Waals surface area contributed by atoms with Gasteiger partial charge in [0.25, 0.3) is 0 Å². The molecule has 1 fully saturated rings. The maximum absolute atomic E-state index is 12.3. The van der Waals surface area contributed by atoms with E-state index in [1.54, 1.807) is 23.9 Å². The van der Waals surface area contributed by atoms with Crippen molar-refractivity contribution in [3.05, 3.63) is 24.3 Å². The van der Waals surface area contributed by atoms with Crippen molar-refractivity contribution in [2.24, 2.45) is 5.92 Å². The molecule has 1 aliphatic carbocycles. The number of hydrogen-bond acceptors (Lipinski definition) is 4. The van der Waals surface area contributed by atoms with E-state index in [9.17, 15) is 8.42 Å². The third kappa shape index (κ3) is 4.40. The van der Waals surface area contributed by atoms with Gasteiger partial charge in [-0.15, -0.1) is 0 Å². The van der Waals surface area contributed by atoms with Crippen LogP contribution in [-0.4, -0.2) is 33.0 Å². The maximum Gasteiger partial charge on any atom is 0.242 e. The molecular formula is C14H22N2O2S2. The van der Waals surface area contributed by atoms with Crippen LogP contribution in [0.25, 0.3) is 0 Å². The molecule has 0 aliphatic heterocycles. The molecule has 1 unspecified atom stereocenters. The predicted molar refractivity (Wildman–Crippen MR) is 85.8 cm³/mol. The second kappa shape index (κ2) is 6.83. The van der Waals surface area contributed by atoms with Crippen LogP contribution in [0.1, 0.15) is 19.8 Å². The van der Waals surface area contributed by atoms with Gasteiger partial charge in [-0.1, -0.05) is 19.1 Å². The Morgan fingerprint density at radius 1 is 1.35 bits per heavy atom. The summed E-state index contributed by atoms with van der Waals surface area (Å²) in [6, 6.07) is 7.23. The molecule has 1 atom stereocenters. The molecule has 1 aromatic rings. The number of thioether (sulfide) groups is 1. The van der Waals surface area contributed by atoms with E-state index in [2.05, 4.69) is 23.2 Å². The van der Waals surface area contributed by atoms with E-state index in [4.69, 9.17) is 0 Å². The first-order valence-electron chi connectivity index (χ1n) is 6.87. The van der Waals surface area contributed by atoms with Crippen molar-refractivity contribution in [2.75, 3.05) is 23.9 Å². The number of rotatable bonds is 8. The summed E-state index contributed by atoms with van der Waals surface area (Å²) in [4.78, 5) is 0.350. The van der Waals surface area contributed by atoms with E-state index >= 15 is 0 Å². The molecule has 1 aliphatic rings. The summed E-state index contributed by atoms with van der Waals surface area (Å²) in [5.41, 5.74) is 0.689. The van der Waals surface area contributed by atoms with E-state index in [1.165, 1.54) is 0 Å². The fourth-order valence-electron chi connectivity index (χ4n) is 1.96. The number of para-hydroxylation sites is 1. The lowest BCUT2D eigenvalue weighted by Crippen LogP contribution is -2.27. The van der Waals surface area contributed by atoms with Gasteiger partial charge in [0.15, 0.2) is 0 Å². The monoisotopic (exact) mass is 314 g/mol. The molecule has 1 aromatic carbocycles. The van der Waals surface area contributed by atoms with Crippen molar-refractivity contribution in [2.45, 2.75) is 30.7 Å². The van der Waals surface area contributed by atoms with Crippen molar-refractivity contribution in [1.29, 1.82) is 0 Å². The van der Waals surface area contributed by atoms with Crippen molar-refractivity contribution >= 4 is 27.5 Å². The van der Waals surface area contributed by atoms with Crippen LogP contribution < -0.4 is 10.0 Å². The summed E-state index contributed by atoms with van der Waals surface area (Å²) in [6.45, 7) is 2.93. The van der Waals surface area contributed by atoms with Gasteiger partial charge in [-0.05, 0) is 42.9 Å². The summed E-state index contributed by atoms with van der Waals surface area (Å²) in [5.74, 6) is 1.56. The molecule has 2 N–H and O–H groups in total. The van der Waals surface area contributed by atoms with Crippen molar-refractivity contribution < 1.29 is 8.42 Å². The van der Waals surface area contributed by atoms with Gasteiger partial charge < -0.3 is 5.32 Å². The number of nitrogens with one attached hydrogen (secondary N) is 2. The van der Waals surface area contributed by atoms with Crippen LogP contribution in [-0.2, 0) is 10.0 Å². The smallest absolute Gasteiger partial charge is 0.242 e. The molecule has 0 saturated heterocycles. The zero-order valence-corrected chi connectivity index (χ0v) is 13.6. The Morgan fingerprint density at radius 2 is 2.05 bits per heavy atom. The Balaban J connectivity index is 2.09. The van der Waals surface area contributed by atoms with E-state index in [1.807, 2.05) is 12.1 Å². The van der Waals surface area contributed by atoms with Gasteiger partial charge in [-0.25, -0.2) is 13.1 Å². The highest BCUT2D eigenvalue weighted by Crippen LogP contribution is 2.26. The number of hydrogen-bond donors (Lipinski definition) is 2. The summed E-state index contributed by atoms with van der Waals surface area (Å²) < 4.78 is 27.4. The molecule has 2 rings (SSSR count). The molecule has 0 spiro atoms. The van der Waals surface area contributed by atoms with Crippen LogP contribution in [0.5, 0.6) is 0 Å². The average Bonchev–Trinajstić information content (AvgIpc) is 3.20. The summed E-state index contributed by atoms with van der Waals surface area (Å²) in [7, 11) is -3.41. The maximum atomic E-state index is 12.3. The van der Waals surface area contributed by atoms with E-state index < -0.39 is 10.0 Å². The topological polar surface area (TPSA) is 58.2 Å². The molecule has 4 nitrogen and oxygen atoms in total. The largest absolute Gasteiger partial charge is 0.384 e. The van der Waals surface area contributed by atoms with Crippen LogP contribution >= 0.6 is 11.8 Å². The quantitative estimate of drug-likeness (QED) is 0.774. The minimum Gasteiger partial charge on any atom is -0.384 e. The summed E-state index contributed by atoms with van der Waals surface area (Å²) in [6.07, 6.45) is 3.97. The van der Waals surface area contributed by atoms with Gasteiger partial charge in [0.2, 0.25) is 10.0 Å². The zero-order valence-electron chi connectivity index (χ0n) is 11.9. The first-order valence-corrected chi connectivity index (χ1v) is 9.75. The van der Waals surface area contributed by atoms with Crippen LogP contribution in [0.4, 0.5) is 5.69 Å². The molecular weight excluding hydrogens is 292 g/mol. The van der Waals surface area contributed by atoms with Gasteiger partial charge in [0, 0.05) is 12.6 Å². The molecule has 1 saturated carbocycles. The molecule has 0 radical (unpaired) electrons. The summed E-state index contributed by atoms with van der Waals surface area (Å²) >= 11 is 1.80. The molecule has 20 heavy (non-hydrogen) atoms. The Bertz CT molecular complexity index is 542. The zero-order chi connectivity index (χ0) is 14.6. The second-order valence-corrected chi connectivity index (χ2v) is 7.93. The molecule has 0 bridgehead atoms. The Kier molecular flexibility index (Phi) is 5.35. The normalized spacial score (nSPS) is 16.9. The number of anilines is 1. The second-order valence-electron chi connectivity index (χ2n) is 5.33. The van der Waals surface area contributed by atoms with Gasteiger partial charge in [0.05, 0.1) is 5.69 Å². The van der Waals surface area contributed by atoms with E-state index in [0.29, 0.717) is 16.5 Å². The van der Waals surface area contributed by atoms with Gasteiger partial charge in [-0.3, -0.25) is 0 Å². The highest BCUT2D eigenvalue weighted by Gasteiger charge is 2.29. The molecule has 0 heterocycles. The summed E-state index contributed by atoms with van der Waals surface area (Å²) in [5, 5.41) is 3.27. The molecule has 6 heteroatoms. The van der Waals surface area contributed by atoms with Crippen LogP contribution in [0, 0.1) is 5.92 Å². The minimum atomic E-state index is -3.41. The Labute approximate surface area is 125 Å². The fraction of sp³-hybridized carbons (Fsp3) is 0.571. The predicted octanol–water partition coefficient (Wildman–Crippen LogP) is 2.54. The van der Waals surface area contributed by atoms with Gasteiger partial charge in [-0.2, -0.15) is 11.8 Å². The van der Waals surface area contributed by atoms with Crippen LogP contribution in [0.2, 0.25) is 0 Å². The van der Waals surface area contributed by atoms with Crippen molar-refractivity contribution in [3.63, 3.8) is 0 Å². The van der Waals surface area contributed by atoms with Crippen LogP contribution in [0.15, 0.2) is 29.2 Å². The first-order chi connectivity index (χ1) is 9.53. The highest BCUT2D eigenvalue weighted by molar-refractivity contribution is 7.98. The highest BCUT2D eigenvalue weighted by atomic mass is 32.2. The molecule has 0 amide bonds. The standard InChI is InChI=1S/C14H22N2O2S2/c1-11(10-19-2)9-15-13-5-3-4-6-14(13)20(17,18)16-12-7-8-12/h3-6,11-12,15-16H,7-10H2,1-2H3. The van der Waals surface area contributed by atoms with Gasteiger partial charge in [0.1, 0.15) is 4.90 Å². The Morgan fingerprint density at radius 3 is 2.70 bits per heavy atom. The minimum absolute atomic E-state index is 0.128. The lowest BCUT2D eigenvalue weighted by atomic mass is 10.2. The first kappa shape index (κ1) is 15.7. The van der Waals surface area contributed by atoms with E-state index in [-0.39, 0.29) is 6.04 Å². The number of sulfonamides is 1. The lowest BCUT2D eigenvalue weighted by Gasteiger charge is -2.16. The lowest BCUT2D eigenvalue weighted by molar-refractivity contribution is 0.581. The van der Waals surface area contributed by atoms with Crippen LogP contribution in [0.3, 0.4) is 0 Å². The molecule has 112 valence electrons. The average molecular weight is 314 g/mol. The van der Waals surface area contributed by atoms with Gasteiger partial charge >= 0.3 is 0 Å². The SMILES string of the molecule is CSCC(C)CNc1ccccc1S(=O)(=O)NC1CC1. The van der Waals surface area contributed by atoms with Crippen molar-refractivity contribution in [3.8, 4) is 0 Å². The third-order valence-electron chi connectivity index (χ3n) is 3.17. The Hall–Kier alpha value is -0.720. The number of benzene rings is 1. The van der Waals surface area contributed by atoms with Crippen molar-refractivity contribution in [1.82, 2.24) is 4.72 Å². The third-order valence-corrected chi connectivity index (χ3v) is 5.65.